The van der Waals surface area contributed by atoms with Crippen molar-refractivity contribution >= 4 is 46.1 Å². The monoisotopic (exact) mass is 377 g/mol. The average Bonchev–Trinajstić information content (AvgIpc) is 3.25. The third-order valence-electron chi connectivity index (χ3n) is 3.10. The SMILES string of the molecule is O=C(Cc1ccc(Cl)cc1)NNC(=O)c1csc(-c2ccsc2)n1. The van der Waals surface area contributed by atoms with E-state index in [1.807, 2.05) is 16.8 Å². The number of carbonyl (C=O) groups is 2. The molecule has 0 radical (unpaired) electrons. The van der Waals surface area contributed by atoms with Crippen LogP contribution in [0.5, 0.6) is 0 Å². The van der Waals surface area contributed by atoms with Gasteiger partial charge in [-0.1, -0.05) is 23.7 Å². The minimum Gasteiger partial charge on any atom is -0.273 e. The number of rotatable bonds is 4. The van der Waals surface area contributed by atoms with E-state index < -0.39 is 5.91 Å². The zero-order valence-electron chi connectivity index (χ0n) is 12.3. The van der Waals surface area contributed by atoms with E-state index in [4.69, 9.17) is 11.6 Å². The zero-order valence-corrected chi connectivity index (χ0v) is 14.7. The molecule has 1 aromatic carbocycles. The predicted octanol–water partition coefficient (Wildman–Crippen LogP) is 3.53. The van der Waals surface area contributed by atoms with E-state index in [0.29, 0.717) is 5.02 Å². The molecule has 2 heterocycles. The van der Waals surface area contributed by atoms with Gasteiger partial charge in [-0.05, 0) is 29.1 Å². The molecule has 0 unspecified atom stereocenters. The maximum atomic E-state index is 12.0. The molecule has 8 heteroatoms. The van der Waals surface area contributed by atoms with Crippen LogP contribution in [0.25, 0.3) is 10.6 Å². The topological polar surface area (TPSA) is 71.1 Å². The second-order valence-corrected chi connectivity index (χ2v) is 6.93. The molecule has 0 atom stereocenters. The highest BCUT2D eigenvalue weighted by Crippen LogP contribution is 2.25. The summed E-state index contributed by atoms with van der Waals surface area (Å²) in [6, 6.07) is 8.89. The van der Waals surface area contributed by atoms with E-state index in [9.17, 15) is 9.59 Å². The third-order valence-corrected chi connectivity index (χ3v) is 4.92. The number of hydrogen-bond donors (Lipinski definition) is 2. The maximum absolute atomic E-state index is 12.0. The first kappa shape index (κ1) is 16.6. The van der Waals surface area contributed by atoms with E-state index in [1.165, 1.54) is 11.3 Å². The summed E-state index contributed by atoms with van der Waals surface area (Å²) in [5.41, 5.74) is 6.81. The number of nitrogens with one attached hydrogen (secondary N) is 2. The lowest BCUT2D eigenvalue weighted by atomic mass is 10.1. The number of carbonyl (C=O) groups excluding carboxylic acids is 2. The number of hydrogen-bond acceptors (Lipinski definition) is 5. The summed E-state index contributed by atoms with van der Waals surface area (Å²) in [7, 11) is 0. The first-order chi connectivity index (χ1) is 11.6. The lowest BCUT2D eigenvalue weighted by molar-refractivity contribution is -0.121. The number of thiophene rings is 1. The van der Waals surface area contributed by atoms with Crippen molar-refractivity contribution < 1.29 is 9.59 Å². The van der Waals surface area contributed by atoms with Gasteiger partial charge in [-0.3, -0.25) is 20.4 Å². The largest absolute Gasteiger partial charge is 0.289 e. The Bertz CT molecular complexity index is 845. The van der Waals surface area contributed by atoms with Gasteiger partial charge in [0.1, 0.15) is 10.7 Å². The van der Waals surface area contributed by atoms with Crippen molar-refractivity contribution in [1.82, 2.24) is 15.8 Å². The fourth-order valence-corrected chi connectivity index (χ4v) is 3.56. The van der Waals surface area contributed by atoms with Gasteiger partial charge in [0.15, 0.2) is 0 Å². The number of hydrazine groups is 1. The van der Waals surface area contributed by atoms with Crippen LogP contribution in [0.3, 0.4) is 0 Å². The van der Waals surface area contributed by atoms with Gasteiger partial charge in [-0.15, -0.1) is 11.3 Å². The van der Waals surface area contributed by atoms with Crippen LogP contribution >= 0.6 is 34.3 Å². The fraction of sp³-hybridized carbons (Fsp3) is 0.0625. The van der Waals surface area contributed by atoms with Crippen LogP contribution in [-0.2, 0) is 11.2 Å². The number of thiazole rings is 1. The van der Waals surface area contributed by atoms with E-state index >= 15 is 0 Å². The first-order valence-corrected chi connectivity index (χ1v) is 9.13. The highest BCUT2D eigenvalue weighted by Gasteiger charge is 2.13. The first-order valence-electron chi connectivity index (χ1n) is 6.93. The van der Waals surface area contributed by atoms with Gasteiger partial charge in [0.2, 0.25) is 5.91 Å². The summed E-state index contributed by atoms with van der Waals surface area (Å²) in [5, 5.41) is 6.96. The molecule has 0 aliphatic rings. The van der Waals surface area contributed by atoms with Crippen molar-refractivity contribution in [3.05, 3.63) is 62.8 Å². The lowest BCUT2D eigenvalue weighted by Crippen LogP contribution is -2.42. The van der Waals surface area contributed by atoms with E-state index in [-0.39, 0.29) is 18.0 Å². The van der Waals surface area contributed by atoms with E-state index in [1.54, 1.807) is 41.0 Å². The molecule has 122 valence electrons. The van der Waals surface area contributed by atoms with Crippen LogP contribution in [0.4, 0.5) is 0 Å². The predicted molar refractivity (Wildman–Crippen MR) is 96.2 cm³/mol. The molecule has 5 nitrogen and oxygen atoms in total. The van der Waals surface area contributed by atoms with Crippen LogP contribution in [-0.4, -0.2) is 16.8 Å². The highest BCUT2D eigenvalue weighted by atomic mass is 35.5. The number of aromatic nitrogens is 1. The molecule has 0 spiro atoms. The van der Waals surface area contributed by atoms with Crippen LogP contribution in [0.1, 0.15) is 16.1 Å². The zero-order chi connectivity index (χ0) is 16.9. The summed E-state index contributed by atoms with van der Waals surface area (Å²) in [6.45, 7) is 0. The quantitative estimate of drug-likeness (QED) is 0.683. The second kappa shape index (κ2) is 7.57. The van der Waals surface area contributed by atoms with E-state index in [0.717, 1.165) is 16.1 Å². The number of amides is 2. The average molecular weight is 378 g/mol. The summed E-state index contributed by atoms with van der Waals surface area (Å²) < 4.78 is 0. The fourth-order valence-electron chi connectivity index (χ4n) is 1.92. The molecule has 0 bridgehead atoms. The molecular weight excluding hydrogens is 366 g/mol. The Balaban J connectivity index is 1.53. The molecule has 0 fully saturated rings. The van der Waals surface area contributed by atoms with Crippen molar-refractivity contribution in [3.63, 3.8) is 0 Å². The van der Waals surface area contributed by atoms with Crippen molar-refractivity contribution in [2.45, 2.75) is 6.42 Å². The van der Waals surface area contributed by atoms with Gasteiger partial charge in [-0.2, -0.15) is 11.3 Å². The van der Waals surface area contributed by atoms with Crippen LogP contribution in [0, 0.1) is 0 Å². The Labute approximate surface area is 151 Å². The van der Waals surface area contributed by atoms with Crippen molar-refractivity contribution in [3.8, 4) is 10.6 Å². The molecule has 2 aromatic heterocycles. The molecule has 0 saturated heterocycles. The minimum absolute atomic E-state index is 0.147. The molecule has 24 heavy (non-hydrogen) atoms. The molecular formula is C16H12ClN3O2S2. The smallest absolute Gasteiger partial charge is 0.273 e. The van der Waals surface area contributed by atoms with Gasteiger partial charge in [-0.25, -0.2) is 4.98 Å². The Morgan fingerprint density at radius 3 is 2.58 bits per heavy atom. The van der Waals surface area contributed by atoms with Gasteiger partial charge >= 0.3 is 0 Å². The summed E-state index contributed by atoms with van der Waals surface area (Å²) in [5.74, 6) is -0.767. The van der Waals surface area contributed by atoms with Crippen LogP contribution < -0.4 is 10.9 Å². The van der Waals surface area contributed by atoms with Crippen molar-refractivity contribution in [1.29, 1.82) is 0 Å². The highest BCUT2D eigenvalue weighted by molar-refractivity contribution is 7.14. The van der Waals surface area contributed by atoms with Gasteiger partial charge in [0, 0.05) is 21.3 Å². The van der Waals surface area contributed by atoms with Gasteiger partial charge in [0.25, 0.3) is 5.91 Å². The second-order valence-electron chi connectivity index (χ2n) is 4.86. The normalized spacial score (nSPS) is 10.4. The summed E-state index contributed by atoms with van der Waals surface area (Å²) in [6.07, 6.45) is 0.147. The Hall–Kier alpha value is -2.22. The Kier molecular flexibility index (Phi) is 5.24. The Morgan fingerprint density at radius 2 is 1.88 bits per heavy atom. The minimum atomic E-state index is -0.447. The van der Waals surface area contributed by atoms with Crippen molar-refractivity contribution in [2.24, 2.45) is 0 Å². The number of benzene rings is 1. The lowest BCUT2D eigenvalue weighted by Gasteiger charge is -2.06. The molecule has 0 aliphatic heterocycles. The Morgan fingerprint density at radius 1 is 1.08 bits per heavy atom. The van der Waals surface area contributed by atoms with Crippen LogP contribution in [0.2, 0.25) is 5.02 Å². The summed E-state index contributed by atoms with van der Waals surface area (Å²) in [4.78, 5) is 28.2. The maximum Gasteiger partial charge on any atom is 0.289 e. The summed E-state index contributed by atoms with van der Waals surface area (Å²) >= 11 is 8.75. The van der Waals surface area contributed by atoms with Gasteiger partial charge in [0.05, 0.1) is 6.42 Å². The third kappa shape index (κ3) is 4.19. The number of halogens is 1. The standard InChI is InChI=1S/C16H12ClN3O2S2/c17-12-3-1-10(2-4-12)7-14(21)19-20-15(22)13-9-24-16(18-13)11-5-6-23-8-11/h1-6,8-9H,7H2,(H,19,21)(H,20,22). The molecule has 3 aromatic rings. The van der Waals surface area contributed by atoms with Crippen molar-refractivity contribution in [2.75, 3.05) is 0 Å². The number of nitrogens with zero attached hydrogens (tertiary/aromatic N) is 1. The van der Waals surface area contributed by atoms with Gasteiger partial charge < -0.3 is 0 Å². The molecule has 0 saturated carbocycles. The molecule has 2 N–H and O–H groups in total. The van der Waals surface area contributed by atoms with E-state index in [2.05, 4.69) is 15.8 Å². The molecule has 2 amide bonds. The van der Waals surface area contributed by atoms with Crippen LogP contribution in [0.15, 0.2) is 46.5 Å². The molecule has 0 aliphatic carbocycles. The molecule has 3 rings (SSSR count).